The van der Waals surface area contributed by atoms with Crippen LogP contribution in [0.1, 0.15) is 52.0 Å². The second-order valence-electron chi connectivity index (χ2n) is 7.21. The maximum Gasteiger partial charge on any atom is 0.191 e. The van der Waals surface area contributed by atoms with E-state index < -0.39 is 0 Å². The third-order valence-corrected chi connectivity index (χ3v) is 4.62. The Kier molecular flexibility index (Phi) is 9.13. The lowest BCUT2D eigenvalue weighted by molar-refractivity contribution is 0.120. The first-order chi connectivity index (χ1) is 11.4. The normalized spacial score (nSPS) is 21.4. The molecule has 0 amide bonds. The standard InChI is InChI=1S/C19H30FN3O.HI/c1-4-21-18(23-14-9-11-15(24)12-10-14)22-13-19(2,3)16-7-5-6-8-17(16)20;/h5-8,14-15,24H,4,9-13H2,1-3H3,(H2,21,22,23);1H. The number of aliphatic hydroxyl groups excluding tert-OH is 1. The van der Waals surface area contributed by atoms with Crippen LogP contribution in [-0.4, -0.2) is 36.3 Å². The van der Waals surface area contributed by atoms with Gasteiger partial charge in [-0.25, -0.2) is 4.39 Å². The van der Waals surface area contributed by atoms with Crippen molar-refractivity contribution in [1.29, 1.82) is 0 Å². The van der Waals surface area contributed by atoms with Gasteiger partial charge in [0.05, 0.1) is 12.6 Å². The number of guanidine groups is 1. The molecule has 0 radical (unpaired) electrons. The zero-order chi connectivity index (χ0) is 17.6. The van der Waals surface area contributed by atoms with Crippen molar-refractivity contribution in [1.82, 2.24) is 10.6 Å². The lowest BCUT2D eigenvalue weighted by atomic mass is 9.84. The van der Waals surface area contributed by atoms with E-state index in [0.717, 1.165) is 38.2 Å². The van der Waals surface area contributed by atoms with Crippen molar-refractivity contribution >= 4 is 29.9 Å². The lowest BCUT2D eigenvalue weighted by Crippen LogP contribution is -2.45. The molecular formula is C19H31FIN3O. The largest absolute Gasteiger partial charge is 0.393 e. The summed E-state index contributed by atoms with van der Waals surface area (Å²) in [6.45, 7) is 7.33. The summed E-state index contributed by atoms with van der Waals surface area (Å²) in [6, 6.07) is 7.23. The molecule has 3 N–H and O–H groups in total. The van der Waals surface area contributed by atoms with Crippen LogP contribution in [0, 0.1) is 5.82 Å². The van der Waals surface area contributed by atoms with Gasteiger partial charge >= 0.3 is 0 Å². The molecule has 1 saturated carbocycles. The number of aliphatic imine (C=N–C) groups is 1. The summed E-state index contributed by atoms with van der Waals surface area (Å²) in [6.07, 6.45) is 3.39. The number of rotatable bonds is 5. The summed E-state index contributed by atoms with van der Waals surface area (Å²) in [5.74, 6) is 0.584. The van der Waals surface area contributed by atoms with Crippen LogP contribution < -0.4 is 10.6 Å². The highest BCUT2D eigenvalue weighted by Crippen LogP contribution is 2.26. The van der Waals surface area contributed by atoms with Gasteiger partial charge in [-0.15, -0.1) is 24.0 Å². The van der Waals surface area contributed by atoms with Gasteiger partial charge in [0.25, 0.3) is 0 Å². The van der Waals surface area contributed by atoms with Crippen molar-refractivity contribution < 1.29 is 9.50 Å². The zero-order valence-corrected chi connectivity index (χ0v) is 17.7. The van der Waals surface area contributed by atoms with Gasteiger partial charge in [-0.2, -0.15) is 0 Å². The van der Waals surface area contributed by atoms with Crippen LogP contribution in [0.2, 0.25) is 0 Å². The predicted octanol–water partition coefficient (Wildman–Crippen LogP) is 3.58. The van der Waals surface area contributed by atoms with Crippen LogP contribution in [0.3, 0.4) is 0 Å². The minimum atomic E-state index is -0.379. The number of hydrogen-bond acceptors (Lipinski definition) is 2. The molecule has 1 fully saturated rings. The van der Waals surface area contributed by atoms with Crippen molar-refractivity contribution in [2.45, 2.75) is 64.0 Å². The maximum atomic E-state index is 14.1. The highest BCUT2D eigenvalue weighted by molar-refractivity contribution is 14.0. The molecule has 0 spiro atoms. The van der Waals surface area contributed by atoms with E-state index in [1.807, 2.05) is 32.9 Å². The fraction of sp³-hybridized carbons (Fsp3) is 0.632. The predicted molar refractivity (Wildman–Crippen MR) is 112 cm³/mol. The number of benzene rings is 1. The molecule has 6 heteroatoms. The van der Waals surface area contributed by atoms with E-state index in [2.05, 4.69) is 15.6 Å². The van der Waals surface area contributed by atoms with Gasteiger partial charge in [0.1, 0.15) is 5.82 Å². The monoisotopic (exact) mass is 463 g/mol. The molecule has 0 heterocycles. The Morgan fingerprint density at radius 3 is 2.48 bits per heavy atom. The Labute approximate surface area is 167 Å². The smallest absolute Gasteiger partial charge is 0.191 e. The van der Waals surface area contributed by atoms with E-state index in [1.165, 1.54) is 6.07 Å². The van der Waals surface area contributed by atoms with Crippen molar-refractivity contribution in [2.75, 3.05) is 13.1 Å². The summed E-state index contributed by atoms with van der Waals surface area (Å²) in [4.78, 5) is 4.68. The van der Waals surface area contributed by atoms with E-state index in [9.17, 15) is 9.50 Å². The summed E-state index contributed by atoms with van der Waals surface area (Å²) >= 11 is 0. The Bertz CT molecular complexity index is 557. The number of hydrogen-bond donors (Lipinski definition) is 3. The highest BCUT2D eigenvalue weighted by atomic mass is 127. The second kappa shape index (κ2) is 10.3. The van der Waals surface area contributed by atoms with E-state index in [4.69, 9.17) is 0 Å². The first kappa shape index (κ1) is 22.2. The van der Waals surface area contributed by atoms with Gasteiger partial charge in [0.2, 0.25) is 0 Å². The highest BCUT2D eigenvalue weighted by Gasteiger charge is 2.24. The Morgan fingerprint density at radius 1 is 1.24 bits per heavy atom. The van der Waals surface area contributed by atoms with Gasteiger partial charge in [-0.05, 0) is 44.2 Å². The van der Waals surface area contributed by atoms with Crippen molar-refractivity contribution in [2.24, 2.45) is 4.99 Å². The molecular weight excluding hydrogens is 432 g/mol. The molecule has 2 rings (SSSR count). The molecule has 1 aromatic carbocycles. The van der Waals surface area contributed by atoms with Gasteiger partial charge < -0.3 is 15.7 Å². The Hall–Kier alpha value is -0.890. The van der Waals surface area contributed by atoms with Gasteiger partial charge in [0, 0.05) is 18.0 Å². The minimum Gasteiger partial charge on any atom is -0.393 e. The fourth-order valence-corrected chi connectivity index (χ4v) is 3.11. The zero-order valence-electron chi connectivity index (χ0n) is 15.4. The molecule has 1 aliphatic carbocycles. The Balaban J connectivity index is 0.00000312. The molecule has 25 heavy (non-hydrogen) atoms. The first-order valence-corrected chi connectivity index (χ1v) is 8.90. The third kappa shape index (κ3) is 6.73. The van der Waals surface area contributed by atoms with Crippen LogP contribution in [-0.2, 0) is 5.41 Å². The SMILES string of the molecule is CCNC(=NCC(C)(C)c1ccccc1F)NC1CCC(O)CC1.I. The maximum absolute atomic E-state index is 14.1. The molecule has 0 aliphatic heterocycles. The fourth-order valence-electron chi connectivity index (χ4n) is 3.11. The number of nitrogens with zero attached hydrogens (tertiary/aromatic N) is 1. The van der Waals surface area contributed by atoms with Gasteiger partial charge in [-0.1, -0.05) is 32.0 Å². The van der Waals surface area contributed by atoms with Crippen LogP contribution in [0.25, 0.3) is 0 Å². The molecule has 1 aromatic rings. The minimum absolute atomic E-state index is 0. The summed E-state index contributed by atoms with van der Waals surface area (Å²) in [7, 11) is 0. The molecule has 0 bridgehead atoms. The van der Waals surface area contributed by atoms with Gasteiger partial charge in [-0.3, -0.25) is 4.99 Å². The van der Waals surface area contributed by atoms with E-state index in [-0.39, 0.29) is 41.3 Å². The molecule has 0 unspecified atom stereocenters. The molecule has 142 valence electrons. The van der Waals surface area contributed by atoms with Crippen LogP contribution >= 0.6 is 24.0 Å². The summed E-state index contributed by atoms with van der Waals surface area (Å²) in [5.41, 5.74) is 0.307. The van der Waals surface area contributed by atoms with Crippen LogP contribution in [0.4, 0.5) is 4.39 Å². The first-order valence-electron chi connectivity index (χ1n) is 8.90. The van der Waals surface area contributed by atoms with Crippen molar-refractivity contribution in [3.8, 4) is 0 Å². The second-order valence-corrected chi connectivity index (χ2v) is 7.21. The molecule has 0 aromatic heterocycles. The van der Waals surface area contributed by atoms with Crippen LogP contribution in [0.5, 0.6) is 0 Å². The van der Waals surface area contributed by atoms with Crippen molar-refractivity contribution in [3.05, 3.63) is 35.6 Å². The van der Waals surface area contributed by atoms with Crippen molar-refractivity contribution in [3.63, 3.8) is 0 Å². The molecule has 1 aliphatic rings. The average molecular weight is 463 g/mol. The summed E-state index contributed by atoms with van der Waals surface area (Å²) < 4.78 is 14.1. The topological polar surface area (TPSA) is 56.7 Å². The number of aliphatic hydroxyl groups is 1. The summed E-state index contributed by atoms with van der Waals surface area (Å²) in [5, 5.41) is 16.3. The molecule has 0 atom stereocenters. The van der Waals surface area contributed by atoms with E-state index >= 15 is 0 Å². The number of halogens is 2. The van der Waals surface area contributed by atoms with Crippen LogP contribution in [0.15, 0.2) is 29.3 Å². The van der Waals surface area contributed by atoms with E-state index in [0.29, 0.717) is 18.2 Å². The average Bonchev–Trinajstić information content (AvgIpc) is 2.55. The Morgan fingerprint density at radius 2 is 1.88 bits per heavy atom. The number of nitrogens with one attached hydrogen (secondary N) is 2. The quantitative estimate of drug-likeness (QED) is 0.356. The molecule has 4 nitrogen and oxygen atoms in total. The third-order valence-electron chi connectivity index (χ3n) is 4.62. The molecule has 0 saturated heterocycles. The van der Waals surface area contributed by atoms with Gasteiger partial charge in [0.15, 0.2) is 5.96 Å². The van der Waals surface area contributed by atoms with E-state index in [1.54, 1.807) is 6.07 Å². The lowest BCUT2D eigenvalue weighted by Gasteiger charge is -2.29.